The van der Waals surface area contributed by atoms with Gasteiger partial charge in [0.1, 0.15) is 22.7 Å². The molecule has 0 radical (unpaired) electrons. The monoisotopic (exact) mass is 800 g/mol. The van der Waals surface area contributed by atoms with Gasteiger partial charge in [-0.05, 0) is 48.6 Å². The fraction of sp³-hybridized carbons (Fsp3) is 0.441. The Labute approximate surface area is 312 Å². The molecule has 53 heavy (non-hydrogen) atoms. The Morgan fingerprint density at radius 1 is 1.09 bits per heavy atom. The number of rotatable bonds is 16. The summed E-state index contributed by atoms with van der Waals surface area (Å²) in [5.41, 5.74) is 1.06. The molecule has 0 N–H and O–H groups in total. The van der Waals surface area contributed by atoms with Crippen molar-refractivity contribution < 1.29 is 50.1 Å². The van der Waals surface area contributed by atoms with Gasteiger partial charge in [0.2, 0.25) is 10.0 Å². The number of hydrogen-bond acceptors (Lipinski definition) is 11. The minimum absolute atomic E-state index is 0.000612. The zero-order valence-electron chi connectivity index (χ0n) is 28.4. The number of hydrogen-bond donors (Lipinski definition) is 0. The first-order valence-corrected chi connectivity index (χ1v) is 19.2. The zero-order chi connectivity index (χ0) is 37.9. The highest BCUT2D eigenvalue weighted by Gasteiger charge is 2.28. The summed E-state index contributed by atoms with van der Waals surface area (Å²) in [4.78, 5) is 28.7. The number of benzene rings is 2. The van der Waals surface area contributed by atoms with Crippen molar-refractivity contribution in [3.8, 4) is 11.5 Å². The lowest BCUT2D eigenvalue weighted by Crippen LogP contribution is -2.43. The molecule has 2 aromatic heterocycles. The molecular formula is C34H36Cl2F2N4O10S. The molecule has 2 aromatic carbocycles. The van der Waals surface area contributed by atoms with Crippen LogP contribution in [0.15, 0.2) is 58.0 Å². The van der Waals surface area contributed by atoms with Gasteiger partial charge < -0.3 is 28.6 Å². The maximum absolute atomic E-state index is 13.6. The minimum Gasteiger partial charge on any atom is -0.619 e. The van der Waals surface area contributed by atoms with Crippen molar-refractivity contribution in [2.45, 2.75) is 38.5 Å². The molecule has 1 unspecified atom stereocenters. The summed E-state index contributed by atoms with van der Waals surface area (Å²) < 4.78 is 81.8. The SMILES string of the molecule is CS(=O)(=O)N(CCN1CCOCC1)c1ccc2c(c1)oc(=O)n2CC(=O)OC(Cc1c(Cl)c[n+]([O-])cc1Cl)c1ccc(OC(F)F)c(OCC2CC2)c1. The highest BCUT2D eigenvalue weighted by atomic mass is 35.5. The topological polar surface area (TPSA) is 157 Å². The number of alkyl halides is 2. The smallest absolute Gasteiger partial charge is 0.420 e. The van der Waals surface area contributed by atoms with Crippen LogP contribution >= 0.6 is 23.2 Å². The van der Waals surface area contributed by atoms with Gasteiger partial charge in [-0.15, -0.1) is 0 Å². The number of aromatic nitrogens is 2. The molecule has 1 atom stereocenters. The van der Waals surface area contributed by atoms with E-state index >= 15 is 0 Å². The molecule has 1 aliphatic carbocycles. The summed E-state index contributed by atoms with van der Waals surface area (Å²) in [5.74, 6) is -1.75. The molecule has 1 saturated heterocycles. The number of sulfonamides is 1. The first kappa shape index (κ1) is 38.6. The number of halogens is 4. The van der Waals surface area contributed by atoms with Crippen LogP contribution < -0.4 is 24.3 Å². The fourth-order valence-corrected chi connectivity index (χ4v) is 7.40. The molecule has 4 aromatic rings. The van der Waals surface area contributed by atoms with E-state index in [1.165, 1.54) is 40.7 Å². The van der Waals surface area contributed by atoms with Crippen LogP contribution in [0.1, 0.15) is 30.1 Å². The van der Waals surface area contributed by atoms with Gasteiger partial charge in [0, 0.05) is 44.2 Å². The Balaban J connectivity index is 1.26. The molecular weight excluding hydrogens is 765 g/mol. The number of esters is 1. The van der Waals surface area contributed by atoms with E-state index in [9.17, 15) is 32.0 Å². The van der Waals surface area contributed by atoms with Crippen molar-refractivity contribution >= 4 is 56.0 Å². The Morgan fingerprint density at radius 2 is 1.81 bits per heavy atom. The van der Waals surface area contributed by atoms with E-state index in [0.29, 0.717) is 43.1 Å². The number of anilines is 1. The van der Waals surface area contributed by atoms with E-state index in [4.69, 9.17) is 41.8 Å². The summed E-state index contributed by atoms with van der Waals surface area (Å²) in [7, 11) is -3.72. The normalized spacial score (nSPS) is 15.8. The minimum atomic E-state index is -3.72. The Morgan fingerprint density at radius 3 is 2.47 bits per heavy atom. The number of pyridine rings is 1. The molecule has 2 fully saturated rings. The van der Waals surface area contributed by atoms with Crippen molar-refractivity contribution in [1.82, 2.24) is 9.47 Å². The highest BCUT2D eigenvalue weighted by Crippen LogP contribution is 2.38. The van der Waals surface area contributed by atoms with Gasteiger partial charge in [-0.3, -0.25) is 18.6 Å². The lowest BCUT2D eigenvalue weighted by atomic mass is 10.0. The number of morpholine rings is 1. The van der Waals surface area contributed by atoms with Crippen molar-refractivity contribution in [3.05, 3.63) is 85.7 Å². The van der Waals surface area contributed by atoms with Crippen LogP contribution in [0, 0.1) is 11.1 Å². The van der Waals surface area contributed by atoms with E-state index in [1.54, 1.807) is 0 Å². The van der Waals surface area contributed by atoms with Gasteiger partial charge >= 0.3 is 18.3 Å². The standard InChI is InChI=1S/C34H36Cl2F2N4O10S/c1-53(46,47)42(9-8-39-10-12-48-13-11-39)23-5-6-27-30(15-23)52-34(44)41(27)19-32(43)50-29(16-24-25(35)17-40(45)18-26(24)36)22-4-7-28(51-33(37)38)31(14-22)49-20-21-2-3-21/h4-7,14-15,17-18,21,29,33H,2-3,8-13,16,19-20H2,1H3. The Hall–Kier alpha value is -4.16. The number of ether oxygens (including phenoxy) is 4. The molecule has 0 bridgehead atoms. The Kier molecular flexibility index (Phi) is 12.0. The Bertz CT molecular complexity index is 2100. The number of carbonyl (C=O) groups is 1. The van der Waals surface area contributed by atoms with Gasteiger partial charge in [-0.25, -0.2) is 13.2 Å². The third kappa shape index (κ3) is 9.89. The van der Waals surface area contributed by atoms with Crippen LogP contribution in [0.5, 0.6) is 11.5 Å². The first-order valence-electron chi connectivity index (χ1n) is 16.6. The van der Waals surface area contributed by atoms with E-state index in [-0.39, 0.29) is 69.4 Å². The van der Waals surface area contributed by atoms with Crippen LogP contribution in [0.3, 0.4) is 0 Å². The number of oxazole rings is 1. The number of nitrogens with zero attached hydrogens (tertiary/aromatic N) is 4. The molecule has 14 nitrogen and oxygen atoms in total. The predicted molar refractivity (Wildman–Crippen MR) is 189 cm³/mol. The van der Waals surface area contributed by atoms with Crippen LogP contribution in [0.4, 0.5) is 14.5 Å². The summed E-state index contributed by atoms with van der Waals surface area (Å²) in [5, 5.41) is 11.9. The molecule has 286 valence electrons. The number of fused-ring (bicyclic) bond motifs is 1. The maximum atomic E-state index is 13.6. The van der Waals surface area contributed by atoms with Gasteiger partial charge in [0.05, 0.1) is 37.3 Å². The predicted octanol–water partition coefficient (Wildman–Crippen LogP) is 4.55. The first-order chi connectivity index (χ1) is 25.2. The largest absolute Gasteiger partial charge is 0.619 e. The summed E-state index contributed by atoms with van der Waals surface area (Å²) in [6, 6.07) is 8.47. The maximum Gasteiger partial charge on any atom is 0.420 e. The quantitative estimate of drug-likeness (QED) is 0.0890. The molecule has 1 saturated carbocycles. The van der Waals surface area contributed by atoms with Crippen LogP contribution in [0.2, 0.25) is 10.0 Å². The average Bonchev–Trinajstić information content (AvgIpc) is 3.87. The third-order valence-electron chi connectivity index (χ3n) is 8.80. The summed E-state index contributed by atoms with van der Waals surface area (Å²) in [6.45, 7) is -0.420. The summed E-state index contributed by atoms with van der Waals surface area (Å²) in [6.07, 6.45) is 3.78. The van der Waals surface area contributed by atoms with E-state index in [0.717, 1.165) is 36.1 Å². The van der Waals surface area contributed by atoms with Crippen LogP contribution in [-0.2, 0) is 37.3 Å². The second kappa shape index (κ2) is 16.5. The zero-order valence-corrected chi connectivity index (χ0v) is 30.7. The van der Waals surface area contributed by atoms with Crippen LogP contribution in [0.25, 0.3) is 11.1 Å². The van der Waals surface area contributed by atoms with E-state index in [2.05, 4.69) is 9.64 Å². The van der Waals surface area contributed by atoms with Crippen molar-refractivity contribution in [1.29, 1.82) is 0 Å². The fourth-order valence-electron chi connectivity index (χ4n) is 5.89. The average molecular weight is 802 g/mol. The van der Waals surface area contributed by atoms with Gasteiger partial charge in [-0.1, -0.05) is 29.3 Å². The molecule has 19 heteroatoms. The van der Waals surface area contributed by atoms with E-state index in [1.807, 2.05) is 0 Å². The second-order valence-corrected chi connectivity index (χ2v) is 15.4. The molecule has 0 amide bonds. The van der Waals surface area contributed by atoms with Crippen molar-refractivity contribution in [2.24, 2.45) is 5.92 Å². The van der Waals surface area contributed by atoms with Crippen LogP contribution in [-0.4, -0.2) is 82.7 Å². The third-order valence-corrected chi connectivity index (χ3v) is 10.6. The molecule has 0 spiro atoms. The van der Waals surface area contributed by atoms with Gasteiger partial charge in [0.25, 0.3) is 0 Å². The lowest BCUT2D eigenvalue weighted by molar-refractivity contribution is -0.605. The van der Waals surface area contributed by atoms with Crippen molar-refractivity contribution in [2.75, 3.05) is 56.6 Å². The molecule has 6 rings (SSSR count). The number of carbonyl (C=O) groups excluding carboxylic acids is 1. The molecule has 2 aliphatic rings. The van der Waals surface area contributed by atoms with Crippen molar-refractivity contribution in [3.63, 3.8) is 0 Å². The highest BCUT2D eigenvalue weighted by molar-refractivity contribution is 7.92. The second-order valence-electron chi connectivity index (χ2n) is 12.7. The lowest BCUT2D eigenvalue weighted by Gasteiger charge is -2.30. The van der Waals surface area contributed by atoms with E-state index < -0.39 is 41.0 Å². The summed E-state index contributed by atoms with van der Waals surface area (Å²) >= 11 is 12.7. The molecule has 3 heterocycles. The van der Waals surface area contributed by atoms with Gasteiger partial charge in [-0.2, -0.15) is 13.5 Å². The van der Waals surface area contributed by atoms with Gasteiger partial charge in [0.15, 0.2) is 29.5 Å². The molecule has 1 aliphatic heterocycles.